The fourth-order valence-corrected chi connectivity index (χ4v) is 2.63. The lowest BCUT2D eigenvalue weighted by Crippen LogP contribution is -2.51. The van der Waals surface area contributed by atoms with E-state index in [4.69, 9.17) is 0 Å². The average Bonchev–Trinajstić information content (AvgIpc) is 2.88. The summed E-state index contributed by atoms with van der Waals surface area (Å²) in [6, 6.07) is 4.92. The summed E-state index contributed by atoms with van der Waals surface area (Å²) in [6.07, 6.45) is 0.0682. The number of likely N-dealkylation sites (tertiary alicyclic amines) is 1. The second kappa shape index (κ2) is 6.36. The fourth-order valence-electron chi connectivity index (χ4n) is 2.63. The number of carboxylic acid groups (broad SMARTS) is 1. The highest BCUT2D eigenvalue weighted by atomic mass is 19.1. The minimum atomic E-state index is -1.69. The molecular formula is C16H19FN2O4. The van der Waals surface area contributed by atoms with Gasteiger partial charge in [-0.2, -0.15) is 0 Å². The molecule has 2 amide bonds. The lowest BCUT2D eigenvalue weighted by atomic mass is 9.91. The van der Waals surface area contributed by atoms with Gasteiger partial charge >= 0.3 is 5.97 Å². The van der Waals surface area contributed by atoms with E-state index in [1.54, 1.807) is 4.90 Å². The number of halogens is 1. The molecule has 0 saturated carbocycles. The molecule has 1 aliphatic rings. The Hall–Kier alpha value is -2.44. The van der Waals surface area contributed by atoms with Crippen LogP contribution in [-0.4, -0.2) is 40.9 Å². The van der Waals surface area contributed by atoms with Crippen molar-refractivity contribution in [1.29, 1.82) is 0 Å². The lowest BCUT2D eigenvalue weighted by molar-refractivity contribution is -0.148. The smallest absolute Gasteiger partial charge is 0.333 e. The van der Waals surface area contributed by atoms with Crippen molar-refractivity contribution in [2.45, 2.75) is 25.8 Å². The average molecular weight is 322 g/mol. The second-order valence-corrected chi connectivity index (χ2v) is 5.76. The number of hydrogen-bond acceptors (Lipinski definition) is 3. The Morgan fingerprint density at radius 3 is 2.48 bits per heavy atom. The summed E-state index contributed by atoms with van der Waals surface area (Å²) >= 11 is 0. The molecule has 6 nitrogen and oxygen atoms in total. The van der Waals surface area contributed by atoms with Gasteiger partial charge in [-0.05, 0) is 31.5 Å². The summed E-state index contributed by atoms with van der Waals surface area (Å²) in [5, 5.41) is 12.0. The number of rotatable bonds is 5. The van der Waals surface area contributed by atoms with Gasteiger partial charge in [-0.1, -0.05) is 12.1 Å². The normalized spacial score (nSPS) is 20.2. The SMILES string of the molecule is CCN1CC(C(=O)NC(C)(C(=O)O)c2ccc(F)cc2)CC1=O. The van der Waals surface area contributed by atoms with Gasteiger partial charge in [0.2, 0.25) is 11.8 Å². The number of nitrogens with one attached hydrogen (secondary N) is 1. The van der Waals surface area contributed by atoms with E-state index < -0.39 is 29.2 Å². The number of benzene rings is 1. The number of aliphatic carboxylic acids is 1. The van der Waals surface area contributed by atoms with Crippen molar-refractivity contribution in [1.82, 2.24) is 10.2 Å². The first-order chi connectivity index (χ1) is 10.8. The molecule has 2 rings (SSSR count). The molecule has 0 aliphatic carbocycles. The molecule has 1 aromatic rings. The van der Waals surface area contributed by atoms with Crippen LogP contribution in [0.5, 0.6) is 0 Å². The van der Waals surface area contributed by atoms with E-state index in [-0.39, 0.29) is 24.4 Å². The van der Waals surface area contributed by atoms with E-state index in [9.17, 15) is 23.9 Å². The van der Waals surface area contributed by atoms with Gasteiger partial charge in [-0.3, -0.25) is 9.59 Å². The molecule has 1 aromatic carbocycles. The Kier molecular flexibility index (Phi) is 4.68. The molecule has 2 N–H and O–H groups in total. The molecule has 0 radical (unpaired) electrons. The zero-order valence-corrected chi connectivity index (χ0v) is 13.0. The topological polar surface area (TPSA) is 86.7 Å². The number of nitrogens with zero attached hydrogens (tertiary/aromatic N) is 1. The van der Waals surface area contributed by atoms with Crippen LogP contribution in [-0.2, 0) is 19.9 Å². The molecule has 2 unspecified atom stereocenters. The van der Waals surface area contributed by atoms with Gasteiger partial charge in [0, 0.05) is 19.5 Å². The summed E-state index contributed by atoms with van der Waals surface area (Å²) < 4.78 is 13.0. The van der Waals surface area contributed by atoms with E-state index in [1.165, 1.54) is 19.1 Å². The van der Waals surface area contributed by atoms with Crippen LogP contribution in [0.25, 0.3) is 0 Å². The number of carboxylic acids is 1. The third-order valence-electron chi connectivity index (χ3n) is 4.19. The minimum Gasteiger partial charge on any atom is -0.479 e. The molecule has 124 valence electrons. The van der Waals surface area contributed by atoms with Crippen molar-refractivity contribution in [2.75, 3.05) is 13.1 Å². The van der Waals surface area contributed by atoms with Crippen LogP contribution < -0.4 is 5.32 Å². The third-order valence-corrected chi connectivity index (χ3v) is 4.19. The highest BCUT2D eigenvalue weighted by molar-refractivity contribution is 5.93. The molecule has 1 fully saturated rings. The zero-order valence-electron chi connectivity index (χ0n) is 13.0. The molecule has 23 heavy (non-hydrogen) atoms. The molecule has 2 atom stereocenters. The van der Waals surface area contributed by atoms with E-state index >= 15 is 0 Å². The molecule has 1 saturated heterocycles. The molecule has 1 aliphatic heterocycles. The summed E-state index contributed by atoms with van der Waals surface area (Å²) in [5.41, 5.74) is -1.43. The second-order valence-electron chi connectivity index (χ2n) is 5.76. The van der Waals surface area contributed by atoms with Crippen LogP contribution in [0.4, 0.5) is 4.39 Å². The number of hydrogen-bond donors (Lipinski definition) is 2. The molecule has 0 spiro atoms. The number of amides is 2. The molecule has 7 heteroatoms. The summed E-state index contributed by atoms with van der Waals surface area (Å²) in [7, 11) is 0. The van der Waals surface area contributed by atoms with Gasteiger partial charge in [0.15, 0.2) is 5.54 Å². The van der Waals surface area contributed by atoms with E-state index in [0.717, 1.165) is 12.1 Å². The predicted octanol–water partition coefficient (Wildman–Crippen LogP) is 1.11. The van der Waals surface area contributed by atoms with Crippen molar-refractivity contribution >= 4 is 17.8 Å². The van der Waals surface area contributed by atoms with E-state index in [1.807, 2.05) is 6.92 Å². The van der Waals surface area contributed by atoms with E-state index in [0.29, 0.717) is 6.54 Å². The van der Waals surface area contributed by atoms with E-state index in [2.05, 4.69) is 5.32 Å². The molecule has 0 bridgehead atoms. The summed E-state index contributed by atoms with van der Waals surface area (Å²) in [6.45, 7) is 3.95. The molecular weight excluding hydrogens is 303 g/mol. The maximum Gasteiger partial charge on any atom is 0.333 e. The Bertz CT molecular complexity index is 631. The quantitative estimate of drug-likeness (QED) is 0.850. The zero-order chi connectivity index (χ0) is 17.2. The highest BCUT2D eigenvalue weighted by Crippen LogP contribution is 2.24. The van der Waals surface area contributed by atoms with Gasteiger partial charge in [-0.25, -0.2) is 9.18 Å². The Morgan fingerprint density at radius 2 is 2.00 bits per heavy atom. The number of carbonyl (C=O) groups is 3. The third kappa shape index (κ3) is 3.33. The molecule has 1 heterocycles. The van der Waals surface area contributed by atoms with Crippen molar-refractivity contribution in [3.05, 3.63) is 35.6 Å². The van der Waals surface area contributed by atoms with Gasteiger partial charge < -0.3 is 15.3 Å². The number of carbonyl (C=O) groups excluding carboxylic acids is 2. The van der Waals surface area contributed by atoms with Crippen LogP contribution in [0.3, 0.4) is 0 Å². The van der Waals surface area contributed by atoms with Gasteiger partial charge in [0.05, 0.1) is 5.92 Å². The Balaban J connectivity index is 2.20. The maximum atomic E-state index is 13.0. The predicted molar refractivity (Wildman–Crippen MR) is 79.9 cm³/mol. The standard InChI is InChI=1S/C16H19FN2O4/c1-3-19-9-10(8-13(19)20)14(21)18-16(2,15(22)23)11-4-6-12(17)7-5-11/h4-7,10H,3,8-9H2,1-2H3,(H,18,21)(H,22,23). The van der Waals surface area contributed by atoms with Crippen LogP contribution in [0, 0.1) is 11.7 Å². The minimum absolute atomic E-state index is 0.0682. The van der Waals surface area contributed by atoms with Crippen molar-refractivity contribution < 1.29 is 23.9 Å². The largest absolute Gasteiger partial charge is 0.479 e. The highest BCUT2D eigenvalue weighted by Gasteiger charge is 2.41. The van der Waals surface area contributed by atoms with Crippen molar-refractivity contribution in [2.24, 2.45) is 5.92 Å². The maximum absolute atomic E-state index is 13.0. The summed E-state index contributed by atoms with van der Waals surface area (Å²) in [5.74, 6) is -2.95. The Labute approximate surface area is 133 Å². The fraction of sp³-hybridized carbons (Fsp3) is 0.438. The first-order valence-electron chi connectivity index (χ1n) is 7.37. The van der Waals surface area contributed by atoms with Crippen LogP contribution in [0.2, 0.25) is 0 Å². The Morgan fingerprint density at radius 1 is 1.39 bits per heavy atom. The molecule has 0 aromatic heterocycles. The van der Waals surface area contributed by atoms with Crippen molar-refractivity contribution in [3.8, 4) is 0 Å². The van der Waals surface area contributed by atoms with Crippen LogP contribution in [0.15, 0.2) is 24.3 Å². The van der Waals surface area contributed by atoms with Gasteiger partial charge in [0.1, 0.15) is 5.82 Å². The monoisotopic (exact) mass is 322 g/mol. The van der Waals surface area contributed by atoms with Crippen LogP contribution in [0.1, 0.15) is 25.8 Å². The summed E-state index contributed by atoms with van der Waals surface area (Å²) in [4.78, 5) is 37.3. The van der Waals surface area contributed by atoms with Gasteiger partial charge in [0.25, 0.3) is 0 Å². The first kappa shape index (κ1) is 16.9. The lowest BCUT2D eigenvalue weighted by Gasteiger charge is -2.28. The van der Waals surface area contributed by atoms with Crippen LogP contribution >= 0.6 is 0 Å². The van der Waals surface area contributed by atoms with Crippen molar-refractivity contribution in [3.63, 3.8) is 0 Å². The first-order valence-corrected chi connectivity index (χ1v) is 7.37. The van der Waals surface area contributed by atoms with Gasteiger partial charge in [-0.15, -0.1) is 0 Å².